The molecule has 0 unspecified atom stereocenters. The molecule has 1 atom stereocenters. The van der Waals surface area contributed by atoms with Gasteiger partial charge in [-0.3, -0.25) is 9.78 Å². The molecule has 1 fully saturated rings. The number of thiophene rings is 1. The number of aromatic nitrogens is 2. The van der Waals surface area contributed by atoms with Crippen LogP contribution in [-0.2, 0) is 31.4 Å². The number of amides is 1. The molecule has 0 radical (unpaired) electrons. The lowest BCUT2D eigenvalue weighted by Gasteiger charge is -2.38. The number of carbonyl (C=O) groups excluding carboxylic acids is 2. The number of H-pyrrole nitrogens is 1. The summed E-state index contributed by atoms with van der Waals surface area (Å²) in [6.07, 6.45) is 7.49. The van der Waals surface area contributed by atoms with E-state index in [0.29, 0.717) is 6.54 Å². The number of benzene rings is 1. The van der Waals surface area contributed by atoms with Gasteiger partial charge in [0.05, 0.1) is 7.11 Å². The summed E-state index contributed by atoms with van der Waals surface area (Å²) in [7, 11) is -3.19. The molecule has 0 aliphatic heterocycles. The number of para-hydroxylation sites is 1. The second-order valence-electron chi connectivity index (χ2n) is 10.8. The summed E-state index contributed by atoms with van der Waals surface area (Å²) in [5.74, 6) is -0.470. The van der Waals surface area contributed by atoms with Gasteiger partial charge in [-0.25, -0.2) is 13.2 Å². The smallest absolute Gasteiger partial charge is 0.437 e. The van der Waals surface area contributed by atoms with Gasteiger partial charge in [-0.15, -0.1) is 11.3 Å². The summed E-state index contributed by atoms with van der Waals surface area (Å²) < 4.78 is 39.8. The molecule has 12 heteroatoms. The molecule has 3 aromatic heterocycles. The third-order valence-corrected chi connectivity index (χ3v) is 10.5. The Kier molecular flexibility index (Phi) is 8.67. The third kappa shape index (κ3) is 6.20. The van der Waals surface area contributed by atoms with Crippen molar-refractivity contribution in [3.8, 4) is 5.06 Å². The van der Waals surface area contributed by atoms with E-state index >= 15 is 0 Å². The fraction of sp³-hybridized carbons (Fsp3) is 0.367. The van der Waals surface area contributed by atoms with Crippen LogP contribution in [0.25, 0.3) is 10.9 Å². The minimum Gasteiger partial charge on any atom is -0.437 e. The summed E-state index contributed by atoms with van der Waals surface area (Å²) in [6, 6.07) is 14.8. The lowest BCUT2D eigenvalue weighted by molar-refractivity contribution is -0.126. The van der Waals surface area contributed by atoms with Gasteiger partial charge in [-0.2, -0.15) is 4.72 Å². The van der Waals surface area contributed by atoms with Gasteiger partial charge in [0, 0.05) is 47.4 Å². The van der Waals surface area contributed by atoms with Crippen LogP contribution >= 0.6 is 11.3 Å². The molecule has 1 saturated carbocycles. The van der Waals surface area contributed by atoms with Crippen molar-refractivity contribution < 1.29 is 27.5 Å². The molecule has 1 aliphatic rings. The molecule has 10 nitrogen and oxygen atoms in total. The van der Waals surface area contributed by atoms with Crippen LogP contribution in [0, 0.1) is 0 Å². The predicted molar refractivity (Wildman–Crippen MR) is 160 cm³/mol. The lowest BCUT2D eigenvalue weighted by atomic mass is 9.71. The quantitative estimate of drug-likeness (QED) is 0.213. The van der Waals surface area contributed by atoms with Crippen LogP contribution in [-0.4, -0.2) is 49.6 Å². The maximum absolute atomic E-state index is 14.1. The Morgan fingerprint density at radius 3 is 2.60 bits per heavy atom. The summed E-state index contributed by atoms with van der Waals surface area (Å²) in [5, 5.41) is 5.32. The molecule has 4 aromatic rings. The Bertz CT molecular complexity index is 1660. The molecule has 42 heavy (non-hydrogen) atoms. The van der Waals surface area contributed by atoms with Crippen molar-refractivity contribution in [2.75, 3.05) is 13.7 Å². The second-order valence-corrected chi connectivity index (χ2v) is 13.4. The normalized spacial score (nSPS) is 16.4. The van der Waals surface area contributed by atoms with Crippen molar-refractivity contribution in [3.05, 3.63) is 77.6 Å². The molecular weight excluding hydrogens is 576 g/mol. The van der Waals surface area contributed by atoms with E-state index in [1.165, 1.54) is 11.4 Å². The third-order valence-electron chi connectivity index (χ3n) is 7.91. The monoisotopic (exact) mass is 610 g/mol. The van der Waals surface area contributed by atoms with Crippen molar-refractivity contribution in [3.63, 3.8) is 0 Å². The number of pyridine rings is 1. The highest BCUT2D eigenvalue weighted by molar-refractivity contribution is 7.89. The molecule has 5 rings (SSSR count). The number of sulfonamides is 1. The molecule has 3 N–H and O–H groups in total. The van der Waals surface area contributed by atoms with Gasteiger partial charge in [0.2, 0.25) is 21.0 Å². The lowest BCUT2D eigenvalue weighted by Crippen LogP contribution is -2.59. The maximum Gasteiger partial charge on any atom is 0.514 e. The Labute approximate surface area is 248 Å². The average molecular weight is 611 g/mol. The molecule has 3 heterocycles. The van der Waals surface area contributed by atoms with E-state index in [1.54, 1.807) is 19.3 Å². The molecular formula is C30H34N4O6S2. The van der Waals surface area contributed by atoms with Crippen LogP contribution in [0.4, 0.5) is 4.79 Å². The van der Waals surface area contributed by atoms with Gasteiger partial charge < -0.3 is 19.8 Å². The minimum absolute atomic E-state index is 0.0655. The Morgan fingerprint density at radius 1 is 1.10 bits per heavy atom. The number of hydrogen-bond acceptors (Lipinski definition) is 8. The molecule has 1 aliphatic carbocycles. The number of hydrogen-bond donors (Lipinski definition) is 3. The Hall–Kier alpha value is -3.74. The van der Waals surface area contributed by atoms with Crippen LogP contribution in [0.1, 0.15) is 50.3 Å². The van der Waals surface area contributed by atoms with Crippen molar-refractivity contribution in [2.45, 2.75) is 61.3 Å². The topological polar surface area (TPSA) is 139 Å². The fourth-order valence-corrected chi connectivity index (χ4v) is 8.28. The van der Waals surface area contributed by atoms with Gasteiger partial charge in [0.15, 0.2) is 0 Å². The first kappa shape index (κ1) is 29.7. The first-order valence-electron chi connectivity index (χ1n) is 13.8. The van der Waals surface area contributed by atoms with Gasteiger partial charge in [0.25, 0.3) is 0 Å². The van der Waals surface area contributed by atoms with E-state index in [0.717, 1.165) is 72.7 Å². The second kappa shape index (κ2) is 12.2. The molecule has 0 saturated heterocycles. The number of nitrogens with one attached hydrogen (secondary N) is 3. The zero-order chi connectivity index (χ0) is 29.8. The highest BCUT2D eigenvalue weighted by atomic mass is 32.2. The van der Waals surface area contributed by atoms with Crippen molar-refractivity contribution in [2.24, 2.45) is 0 Å². The first-order valence-corrected chi connectivity index (χ1v) is 16.1. The summed E-state index contributed by atoms with van der Waals surface area (Å²) in [5.41, 5.74) is 0.631. The highest BCUT2D eigenvalue weighted by Crippen LogP contribution is 2.38. The first-order chi connectivity index (χ1) is 20.2. The van der Waals surface area contributed by atoms with Gasteiger partial charge in [-0.05, 0) is 55.0 Å². The van der Waals surface area contributed by atoms with Crippen LogP contribution < -0.4 is 14.8 Å². The standard InChI is InChI=1S/C30H34N4O6S2/c1-29(18-21-19-32-23-11-5-4-10-22(21)23,34-42(37,38)24-13-17-41-26(24)40-28(36)39-2)27(35)33-20-30(14-7-3-8-15-30)25-12-6-9-16-31-25/h4-6,9-13,16-17,19,32,34H,3,7-8,14-15,18,20H2,1-2H3,(H,33,35)/t29-/m0/s1. The van der Waals surface area contributed by atoms with Crippen LogP contribution in [0.15, 0.2) is 71.2 Å². The molecule has 1 aromatic carbocycles. The molecule has 0 spiro atoms. The van der Waals surface area contributed by atoms with Gasteiger partial charge >= 0.3 is 6.16 Å². The molecule has 222 valence electrons. The summed E-state index contributed by atoms with van der Waals surface area (Å²) in [4.78, 5) is 33.4. The van der Waals surface area contributed by atoms with Crippen LogP contribution in [0.2, 0.25) is 0 Å². The maximum atomic E-state index is 14.1. The minimum atomic E-state index is -4.33. The number of nitrogens with zero attached hydrogens (tertiary/aromatic N) is 1. The van der Waals surface area contributed by atoms with E-state index < -0.39 is 27.6 Å². The SMILES string of the molecule is COC(=O)Oc1sccc1S(=O)(=O)N[C@@](C)(Cc1c[nH]c2ccccc12)C(=O)NCC1(c2ccccn2)CCCCC1. The fourth-order valence-electron chi connectivity index (χ4n) is 5.72. The van der Waals surface area contributed by atoms with E-state index in [2.05, 4.69) is 24.7 Å². The van der Waals surface area contributed by atoms with Crippen molar-refractivity contribution >= 4 is 44.3 Å². The van der Waals surface area contributed by atoms with E-state index in [9.17, 15) is 18.0 Å². The van der Waals surface area contributed by atoms with Crippen LogP contribution in [0.3, 0.4) is 0 Å². The number of rotatable bonds is 10. The Balaban J connectivity index is 1.47. The van der Waals surface area contributed by atoms with E-state index in [-0.39, 0.29) is 21.8 Å². The zero-order valence-electron chi connectivity index (χ0n) is 23.5. The number of aromatic amines is 1. The Morgan fingerprint density at radius 2 is 1.86 bits per heavy atom. The summed E-state index contributed by atoms with van der Waals surface area (Å²) >= 11 is 0.933. The number of methoxy groups -OCH3 is 1. The molecule has 1 amide bonds. The van der Waals surface area contributed by atoms with E-state index in [1.807, 2.05) is 42.5 Å². The van der Waals surface area contributed by atoms with E-state index in [4.69, 9.17) is 4.74 Å². The van der Waals surface area contributed by atoms with Crippen molar-refractivity contribution in [1.82, 2.24) is 20.0 Å². The van der Waals surface area contributed by atoms with Gasteiger partial charge in [-0.1, -0.05) is 43.5 Å². The highest BCUT2D eigenvalue weighted by Gasteiger charge is 2.42. The number of fused-ring (bicyclic) bond motifs is 1. The van der Waals surface area contributed by atoms with Crippen LogP contribution in [0.5, 0.6) is 5.06 Å². The van der Waals surface area contributed by atoms with Crippen molar-refractivity contribution in [1.29, 1.82) is 0 Å². The van der Waals surface area contributed by atoms with Gasteiger partial charge in [0.1, 0.15) is 10.4 Å². The zero-order valence-corrected chi connectivity index (χ0v) is 25.1. The number of carbonyl (C=O) groups is 2. The summed E-state index contributed by atoms with van der Waals surface area (Å²) in [6.45, 7) is 1.90. The largest absolute Gasteiger partial charge is 0.514 e. The number of ether oxygens (including phenoxy) is 2. The predicted octanol–water partition coefficient (Wildman–Crippen LogP) is 5.07. The average Bonchev–Trinajstić information content (AvgIpc) is 3.64. The molecule has 0 bridgehead atoms.